The first kappa shape index (κ1) is 23.5. The molecule has 0 spiro atoms. The predicted molar refractivity (Wildman–Crippen MR) is 105 cm³/mol. The second-order valence-corrected chi connectivity index (χ2v) is 7.96. The summed E-state index contributed by atoms with van der Waals surface area (Å²) in [4.78, 5) is 22.9. The summed E-state index contributed by atoms with van der Waals surface area (Å²) < 4.78 is 61.0. The number of aromatic nitrogens is 2. The Hall–Kier alpha value is -3.12. The van der Waals surface area contributed by atoms with Crippen molar-refractivity contribution in [2.24, 2.45) is 0 Å². The van der Waals surface area contributed by atoms with Crippen LogP contribution in [0.15, 0.2) is 33.5 Å². The third kappa shape index (κ3) is 6.44. The zero-order valence-corrected chi connectivity index (χ0v) is 17.5. The number of rotatable bonds is 4. The molecule has 32 heavy (non-hydrogen) atoms. The highest BCUT2D eigenvalue weighted by atomic mass is 19.4. The Balaban J connectivity index is 1.68. The molecular weight excluding hydrogens is 435 g/mol. The van der Waals surface area contributed by atoms with Crippen molar-refractivity contribution in [3.05, 3.63) is 46.0 Å². The van der Waals surface area contributed by atoms with Crippen molar-refractivity contribution in [3.8, 4) is 11.5 Å². The highest BCUT2D eigenvalue weighted by Gasteiger charge is 2.33. The van der Waals surface area contributed by atoms with Crippen LogP contribution in [0.3, 0.4) is 0 Å². The van der Waals surface area contributed by atoms with E-state index in [4.69, 9.17) is 18.6 Å². The van der Waals surface area contributed by atoms with Gasteiger partial charge in [-0.25, -0.2) is 14.7 Å². The van der Waals surface area contributed by atoms with E-state index in [1.54, 1.807) is 20.8 Å². The molecule has 9 nitrogen and oxygen atoms in total. The quantitative estimate of drug-likeness (QED) is 0.724. The maximum Gasteiger partial charge on any atom is 0.434 e. The standard InChI is InChI=1S/C20H22F3N3O6/c1-19(2,3)32-17(27)24-13-9-29-15(30-10-13)7-5-11-8-12(16-25-26-18(28)31-16)4-6-14(11)20(21,22)23/h4-8,13,15H,9-10H2,1-3H3,(H,24,27)(H,26,28)/b7-5+. The Kier molecular flexibility index (Phi) is 6.74. The second kappa shape index (κ2) is 9.17. The van der Waals surface area contributed by atoms with Crippen molar-refractivity contribution < 1.29 is 36.6 Å². The van der Waals surface area contributed by atoms with Crippen LogP contribution in [0.4, 0.5) is 18.0 Å². The van der Waals surface area contributed by atoms with Crippen LogP contribution in [0.5, 0.6) is 0 Å². The van der Waals surface area contributed by atoms with E-state index in [0.29, 0.717) is 0 Å². The van der Waals surface area contributed by atoms with E-state index in [1.807, 2.05) is 0 Å². The summed E-state index contributed by atoms with van der Waals surface area (Å²) in [7, 11) is 0. The van der Waals surface area contributed by atoms with Gasteiger partial charge in [-0.1, -0.05) is 6.08 Å². The molecule has 1 fully saturated rings. The molecule has 1 aliphatic heterocycles. The van der Waals surface area contributed by atoms with Crippen molar-refractivity contribution in [2.75, 3.05) is 13.2 Å². The van der Waals surface area contributed by atoms with Crippen molar-refractivity contribution >= 4 is 12.2 Å². The monoisotopic (exact) mass is 457 g/mol. The highest BCUT2D eigenvalue weighted by molar-refractivity contribution is 5.68. The largest absolute Gasteiger partial charge is 0.444 e. The fourth-order valence-electron chi connectivity index (χ4n) is 2.81. The van der Waals surface area contributed by atoms with Gasteiger partial charge in [-0.05, 0) is 50.6 Å². The van der Waals surface area contributed by atoms with Gasteiger partial charge in [0.1, 0.15) is 5.60 Å². The van der Waals surface area contributed by atoms with Gasteiger partial charge in [-0.2, -0.15) is 13.2 Å². The fourth-order valence-corrected chi connectivity index (χ4v) is 2.81. The summed E-state index contributed by atoms with van der Waals surface area (Å²) in [5.41, 5.74) is -1.56. The maximum atomic E-state index is 13.4. The van der Waals surface area contributed by atoms with Gasteiger partial charge in [0, 0.05) is 5.56 Å². The lowest BCUT2D eigenvalue weighted by Gasteiger charge is -2.29. The van der Waals surface area contributed by atoms with Crippen LogP contribution in [0.25, 0.3) is 17.5 Å². The van der Waals surface area contributed by atoms with Crippen LogP contribution in [0, 0.1) is 0 Å². The lowest BCUT2D eigenvalue weighted by Crippen LogP contribution is -2.48. The number of ether oxygens (including phenoxy) is 3. The van der Waals surface area contributed by atoms with Crippen molar-refractivity contribution in [3.63, 3.8) is 0 Å². The molecule has 1 aromatic heterocycles. The molecule has 2 heterocycles. The molecule has 0 radical (unpaired) electrons. The summed E-state index contributed by atoms with van der Waals surface area (Å²) >= 11 is 0. The SMILES string of the molecule is CC(C)(C)OC(=O)NC1COC(/C=C/c2cc(-c3n[nH]c(=O)o3)ccc2C(F)(F)F)OC1. The number of amides is 1. The number of carbonyl (C=O) groups excluding carboxylic acids is 1. The van der Waals surface area contributed by atoms with Gasteiger partial charge in [0.05, 0.1) is 24.8 Å². The van der Waals surface area contributed by atoms with E-state index in [1.165, 1.54) is 18.2 Å². The molecule has 3 rings (SSSR count). The smallest absolute Gasteiger partial charge is 0.434 e. The van der Waals surface area contributed by atoms with E-state index in [2.05, 4.69) is 15.5 Å². The minimum absolute atomic E-state index is 0.0822. The normalized spacial score (nSPS) is 19.8. The molecule has 0 atom stereocenters. The highest BCUT2D eigenvalue weighted by Crippen LogP contribution is 2.34. The van der Waals surface area contributed by atoms with Gasteiger partial charge in [0.25, 0.3) is 0 Å². The third-order valence-corrected chi connectivity index (χ3v) is 4.12. The van der Waals surface area contributed by atoms with E-state index >= 15 is 0 Å². The van der Waals surface area contributed by atoms with E-state index in [9.17, 15) is 22.8 Å². The Morgan fingerprint density at radius 1 is 1.25 bits per heavy atom. The topological polar surface area (TPSA) is 116 Å². The van der Waals surface area contributed by atoms with E-state index in [0.717, 1.165) is 12.1 Å². The second-order valence-electron chi connectivity index (χ2n) is 7.96. The summed E-state index contributed by atoms with van der Waals surface area (Å²) in [6.45, 7) is 5.35. The molecule has 1 saturated heterocycles. The minimum Gasteiger partial charge on any atom is -0.444 e. The molecule has 0 bridgehead atoms. The molecule has 0 saturated carbocycles. The molecule has 2 aromatic rings. The number of halogens is 3. The minimum atomic E-state index is -4.61. The van der Waals surface area contributed by atoms with Crippen LogP contribution in [0.2, 0.25) is 0 Å². The van der Waals surface area contributed by atoms with Crippen LogP contribution in [-0.2, 0) is 20.4 Å². The predicted octanol–water partition coefficient (Wildman–Crippen LogP) is 3.33. The number of H-pyrrole nitrogens is 1. The molecule has 1 aliphatic rings. The lowest BCUT2D eigenvalue weighted by molar-refractivity contribution is -0.161. The van der Waals surface area contributed by atoms with E-state index < -0.39 is 41.5 Å². The maximum absolute atomic E-state index is 13.4. The van der Waals surface area contributed by atoms with Crippen LogP contribution in [0.1, 0.15) is 31.9 Å². The Morgan fingerprint density at radius 2 is 1.94 bits per heavy atom. The van der Waals surface area contributed by atoms with Crippen LogP contribution in [-0.4, -0.2) is 47.4 Å². The Morgan fingerprint density at radius 3 is 2.50 bits per heavy atom. The summed E-state index contributed by atoms with van der Waals surface area (Å²) in [5, 5.41) is 8.27. The first-order valence-corrected chi connectivity index (χ1v) is 9.59. The van der Waals surface area contributed by atoms with Crippen molar-refractivity contribution in [2.45, 2.75) is 44.9 Å². The third-order valence-electron chi connectivity index (χ3n) is 4.12. The van der Waals surface area contributed by atoms with Gasteiger partial charge < -0.3 is 23.9 Å². The lowest BCUT2D eigenvalue weighted by atomic mass is 10.0. The van der Waals surface area contributed by atoms with E-state index in [-0.39, 0.29) is 30.2 Å². The number of hydrogen-bond donors (Lipinski definition) is 2. The van der Waals surface area contributed by atoms with Gasteiger partial charge >= 0.3 is 18.0 Å². The zero-order chi connectivity index (χ0) is 23.5. The molecule has 0 aliphatic carbocycles. The average Bonchev–Trinajstić information content (AvgIpc) is 3.11. The van der Waals surface area contributed by atoms with Crippen LogP contribution >= 0.6 is 0 Å². The number of alkyl carbamates (subject to hydrolysis) is 1. The Bertz CT molecular complexity index is 1030. The number of aromatic amines is 1. The first-order valence-electron chi connectivity index (χ1n) is 9.59. The number of benzene rings is 1. The molecule has 2 N–H and O–H groups in total. The Labute approximate surface area is 180 Å². The van der Waals surface area contributed by atoms with Gasteiger partial charge in [0.15, 0.2) is 6.29 Å². The molecule has 1 aromatic carbocycles. The van der Waals surface area contributed by atoms with Gasteiger partial charge in [0.2, 0.25) is 5.89 Å². The summed E-state index contributed by atoms with van der Waals surface area (Å²) in [5.74, 6) is -0.963. The number of nitrogens with zero attached hydrogens (tertiary/aromatic N) is 1. The van der Waals surface area contributed by atoms with Crippen molar-refractivity contribution in [1.82, 2.24) is 15.5 Å². The molecule has 1 amide bonds. The van der Waals surface area contributed by atoms with Crippen molar-refractivity contribution in [1.29, 1.82) is 0 Å². The summed E-state index contributed by atoms with van der Waals surface area (Å²) in [6.07, 6.45) is -3.64. The van der Waals surface area contributed by atoms with Gasteiger partial charge in [-0.3, -0.25) is 0 Å². The molecular formula is C20H22F3N3O6. The molecule has 0 unspecified atom stereocenters. The number of alkyl halides is 3. The molecule has 12 heteroatoms. The zero-order valence-electron chi connectivity index (χ0n) is 17.5. The number of nitrogens with one attached hydrogen (secondary N) is 2. The number of carbonyl (C=O) groups is 1. The first-order chi connectivity index (χ1) is 14.9. The summed E-state index contributed by atoms with van der Waals surface area (Å²) in [6, 6.07) is 2.74. The fraction of sp³-hybridized carbons (Fsp3) is 0.450. The molecule has 174 valence electrons. The van der Waals surface area contributed by atoms with Crippen LogP contribution < -0.4 is 11.1 Å². The number of hydrogen-bond acceptors (Lipinski definition) is 7. The average molecular weight is 457 g/mol. The van der Waals surface area contributed by atoms with Gasteiger partial charge in [-0.15, -0.1) is 5.10 Å².